The van der Waals surface area contributed by atoms with Crippen LogP contribution in [0.2, 0.25) is 0 Å². The summed E-state index contributed by atoms with van der Waals surface area (Å²) in [5.41, 5.74) is 1.43. The standard InChI is InChI=1S/C15H10F3N3O/c16-15(17,18)14-20-11-6-5-10(7-12(11)21-14)19-8-9-3-1-2-4-13(9)22/h1-8,22H,(H,20,21). The van der Waals surface area contributed by atoms with Crippen molar-refractivity contribution in [3.05, 3.63) is 53.9 Å². The van der Waals surface area contributed by atoms with E-state index in [2.05, 4.69) is 15.0 Å². The molecule has 0 spiro atoms. The van der Waals surface area contributed by atoms with Gasteiger partial charge in [0.05, 0.1) is 16.7 Å². The highest BCUT2D eigenvalue weighted by atomic mass is 19.4. The zero-order chi connectivity index (χ0) is 15.7. The molecular formula is C15H10F3N3O. The number of hydrogen-bond acceptors (Lipinski definition) is 3. The van der Waals surface area contributed by atoms with Crippen molar-refractivity contribution in [3.8, 4) is 5.75 Å². The molecule has 0 saturated carbocycles. The Morgan fingerprint density at radius 2 is 1.91 bits per heavy atom. The van der Waals surface area contributed by atoms with Gasteiger partial charge in [0.25, 0.3) is 0 Å². The molecule has 0 unspecified atom stereocenters. The fourth-order valence-corrected chi connectivity index (χ4v) is 1.95. The topological polar surface area (TPSA) is 61.3 Å². The molecule has 3 rings (SSSR count). The number of phenolic OH excluding ortho intramolecular Hbond substituents is 1. The minimum absolute atomic E-state index is 0.0771. The molecule has 0 saturated heterocycles. The van der Waals surface area contributed by atoms with E-state index in [0.29, 0.717) is 11.3 Å². The number of nitrogens with zero attached hydrogens (tertiary/aromatic N) is 2. The second-order valence-corrected chi connectivity index (χ2v) is 4.60. The van der Waals surface area contributed by atoms with E-state index >= 15 is 0 Å². The molecule has 0 atom stereocenters. The molecule has 0 bridgehead atoms. The van der Waals surface area contributed by atoms with Crippen LogP contribution < -0.4 is 0 Å². The van der Waals surface area contributed by atoms with Crippen LogP contribution in [-0.2, 0) is 6.18 Å². The van der Waals surface area contributed by atoms with Crippen LogP contribution in [0.15, 0.2) is 47.5 Å². The zero-order valence-corrected chi connectivity index (χ0v) is 11.1. The summed E-state index contributed by atoms with van der Waals surface area (Å²) in [6.45, 7) is 0. The summed E-state index contributed by atoms with van der Waals surface area (Å²) in [6, 6.07) is 11.1. The lowest BCUT2D eigenvalue weighted by Gasteiger charge is -1.99. The summed E-state index contributed by atoms with van der Waals surface area (Å²) in [7, 11) is 0. The molecule has 22 heavy (non-hydrogen) atoms. The summed E-state index contributed by atoms with van der Waals surface area (Å²) in [5.74, 6) is -0.961. The number of phenols is 1. The van der Waals surface area contributed by atoms with Crippen LogP contribution in [0.25, 0.3) is 11.0 Å². The van der Waals surface area contributed by atoms with E-state index in [0.717, 1.165) is 0 Å². The van der Waals surface area contributed by atoms with Crippen LogP contribution in [0.3, 0.4) is 0 Å². The highest BCUT2D eigenvalue weighted by molar-refractivity contribution is 5.86. The summed E-state index contributed by atoms with van der Waals surface area (Å²) < 4.78 is 37.8. The van der Waals surface area contributed by atoms with Gasteiger partial charge in [-0.25, -0.2) is 4.98 Å². The van der Waals surface area contributed by atoms with E-state index in [4.69, 9.17) is 0 Å². The van der Waals surface area contributed by atoms with Crippen molar-refractivity contribution in [1.82, 2.24) is 9.97 Å². The van der Waals surface area contributed by atoms with Crippen molar-refractivity contribution in [1.29, 1.82) is 0 Å². The third-order valence-electron chi connectivity index (χ3n) is 3.02. The van der Waals surface area contributed by atoms with Crippen molar-refractivity contribution in [2.75, 3.05) is 0 Å². The van der Waals surface area contributed by atoms with E-state index in [1.807, 2.05) is 0 Å². The van der Waals surface area contributed by atoms with Gasteiger partial charge in [-0.05, 0) is 30.3 Å². The van der Waals surface area contributed by atoms with Crippen molar-refractivity contribution >= 4 is 22.9 Å². The molecule has 1 aromatic heterocycles. The molecule has 3 aromatic rings. The number of benzene rings is 2. The number of H-pyrrole nitrogens is 1. The molecule has 0 fully saturated rings. The fraction of sp³-hybridized carbons (Fsp3) is 0.0667. The van der Waals surface area contributed by atoms with Gasteiger partial charge in [0.15, 0.2) is 0 Å². The molecular weight excluding hydrogens is 295 g/mol. The Bertz CT molecular complexity index is 853. The second kappa shape index (κ2) is 5.18. The molecule has 1 heterocycles. The summed E-state index contributed by atoms with van der Waals surface area (Å²) in [6.07, 6.45) is -3.07. The van der Waals surface area contributed by atoms with Crippen molar-refractivity contribution in [2.24, 2.45) is 4.99 Å². The number of aromatic nitrogens is 2. The van der Waals surface area contributed by atoms with Crippen molar-refractivity contribution < 1.29 is 18.3 Å². The van der Waals surface area contributed by atoms with Gasteiger partial charge in [0.1, 0.15) is 5.75 Å². The number of hydrogen-bond donors (Lipinski definition) is 2. The van der Waals surface area contributed by atoms with Crippen molar-refractivity contribution in [2.45, 2.75) is 6.18 Å². The molecule has 7 heteroatoms. The van der Waals surface area contributed by atoms with Gasteiger partial charge in [0.2, 0.25) is 5.82 Å². The number of aromatic amines is 1. The highest BCUT2D eigenvalue weighted by Gasteiger charge is 2.34. The number of para-hydroxylation sites is 1. The lowest BCUT2D eigenvalue weighted by Crippen LogP contribution is -2.06. The van der Waals surface area contributed by atoms with E-state index in [1.54, 1.807) is 24.3 Å². The Morgan fingerprint density at radius 3 is 2.64 bits per heavy atom. The maximum absolute atomic E-state index is 12.6. The van der Waals surface area contributed by atoms with Gasteiger partial charge < -0.3 is 10.1 Å². The molecule has 0 aliphatic carbocycles. The van der Waals surface area contributed by atoms with Crippen LogP contribution in [0.4, 0.5) is 18.9 Å². The fourth-order valence-electron chi connectivity index (χ4n) is 1.95. The largest absolute Gasteiger partial charge is 0.507 e. The van der Waals surface area contributed by atoms with E-state index in [1.165, 1.54) is 24.4 Å². The average Bonchev–Trinajstić information content (AvgIpc) is 2.90. The number of aliphatic imine (C=N–C) groups is 1. The molecule has 0 radical (unpaired) electrons. The predicted octanol–water partition coefficient (Wildman–Crippen LogP) is 4.04. The Labute approximate surface area is 123 Å². The normalized spacial score (nSPS) is 12.3. The predicted molar refractivity (Wildman–Crippen MR) is 76.5 cm³/mol. The van der Waals surface area contributed by atoms with Gasteiger partial charge in [-0.3, -0.25) is 4.99 Å². The first-order valence-corrected chi connectivity index (χ1v) is 6.32. The quantitative estimate of drug-likeness (QED) is 0.702. The number of fused-ring (bicyclic) bond motifs is 1. The van der Waals surface area contributed by atoms with Gasteiger partial charge in [-0.15, -0.1) is 0 Å². The maximum atomic E-state index is 12.6. The van der Waals surface area contributed by atoms with Crippen LogP contribution in [-0.4, -0.2) is 21.3 Å². The lowest BCUT2D eigenvalue weighted by atomic mass is 10.2. The second-order valence-electron chi connectivity index (χ2n) is 4.60. The lowest BCUT2D eigenvalue weighted by molar-refractivity contribution is -0.144. The molecule has 0 aliphatic rings. The summed E-state index contributed by atoms with van der Waals surface area (Å²) in [4.78, 5) is 9.86. The molecule has 2 aromatic carbocycles. The Hall–Kier alpha value is -2.83. The average molecular weight is 305 g/mol. The summed E-state index contributed by atoms with van der Waals surface area (Å²) in [5, 5.41) is 9.62. The van der Waals surface area contributed by atoms with Gasteiger partial charge in [-0.1, -0.05) is 12.1 Å². The van der Waals surface area contributed by atoms with Gasteiger partial charge >= 0.3 is 6.18 Å². The Kier molecular flexibility index (Phi) is 3.32. The van der Waals surface area contributed by atoms with Crippen molar-refractivity contribution in [3.63, 3.8) is 0 Å². The van der Waals surface area contributed by atoms with Crippen LogP contribution in [0.5, 0.6) is 5.75 Å². The van der Waals surface area contributed by atoms with E-state index in [-0.39, 0.29) is 16.8 Å². The van der Waals surface area contributed by atoms with Crippen LogP contribution in [0.1, 0.15) is 11.4 Å². The molecule has 4 nitrogen and oxygen atoms in total. The SMILES string of the molecule is Oc1ccccc1C=Nc1ccc2nc(C(F)(F)F)[nH]c2c1. The number of rotatable bonds is 2. The van der Waals surface area contributed by atoms with E-state index in [9.17, 15) is 18.3 Å². The highest BCUT2D eigenvalue weighted by Crippen LogP contribution is 2.29. The smallest absolute Gasteiger partial charge is 0.449 e. The summed E-state index contributed by atoms with van der Waals surface area (Å²) >= 11 is 0. The third-order valence-corrected chi connectivity index (χ3v) is 3.02. The first kappa shape index (κ1) is 14.1. The Morgan fingerprint density at radius 1 is 1.14 bits per heavy atom. The molecule has 112 valence electrons. The Balaban J connectivity index is 1.94. The zero-order valence-electron chi connectivity index (χ0n) is 11.1. The first-order valence-electron chi connectivity index (χ1n) is 6.32. The maximum Gasteiger partial charge on any atom is 0.449 e. The third kappa shape index (κ3) is 2.78. The molecule has 0 amide bonds. The monoisotopic (exact) mass is 305 g/mol. The van der Waals surface area contributed by atoms with Crippen LogP contribution in [0, 0.1) is 0 Å². The minimum atomic E-state index is -4.52. The van der Waals surface area contributed by atoms with Gasteiger partial charge in [-0.2, -0.15) is 13.2 Å². The number of imidazole rings is 1. The number of alkyl halides is 3. The first-order chi connectivity index (χ1) is 10.4. The number of nitrogens with one attached hydrogen (secondary N) is 1. The molecule has 0 aliphatic heterocycles. The van der Waals surface area contributed by atoms with E-state index < -0.39 is 12.0 Å². The number of aromatic hydroxyl groups is 1. The minimum Gasteiger partial charge on any atom is -0.507 e. The van der Waals surface area contributed by atoms with Crippen LogP contribution >= 0.6 is 0 Å². The van der Waals surface area contributed by atoms with Gasteiger partial charge in [0, 0.05) is 11.8 Å². The number of halogens is 3. The molecule has 2 N–H and O–H groups in total.